The number of likely N-dealkylation sites (N-methyl/N-ethyl adjacent to an activating group) is 1. The molecule has 0 saturated carbocycles. The maximum Gasteiger partial charge on any atom is 0.236 e. The van der Waals surface area contributed by atoms with Crippen LogP contribution in [-0.2, 0) is 4.79 Å². The lowest BCUT2D eigenvalue weighted by Crippen LogP contribution is -2.42. The summed E-state index contributed by atoms with van der Waals surface area (Å²) in [6, 6.07) is -0.341. The Morgan fingerprint density at radius 3 is 2.62 bits per heavy atom. The first kappa shape index (κ1) is 12.4. The molecular weight excluding hydrogens is 166 g/mol. The average Bonchev–Trinajstić information content (AvgIpc) is 2.04. The van der Waals surface area contributed by atoms with Gasteiger partial charge in [-0.25, -0.2) is 0 Å². The molecule has 1 unspecified atom stereocenters. The standard InChI is InChI=1S/C9H21N3O/c1-4-5-8(10)9(13)11-6-7-12(2)3/h8H,4-7,10H2,1-3H3,(H,11,13). The molecule has 13 heavy (non-hydrogen) atoms. The number of nitrogens with zero attached hydrogens (tertiary/aromatic N) is 1. The van der Waals surface area contributed by atoms with Gasteiger partial charge in [0.25, 0.3) is 0 Å². The molecule has 0 aromatic rings. The van der Waals surface area contributed by atoms with Gasteiger partial charge in [-0.1, -0.05) is 13.3 Å². The topological polar surface area (TPSA) is 58.4 Å². The van der Waals surface area contributed by atoms with Crippen LogP contribution in [0, 0.1) is 0 Å². The van der Waals surface area contributed by atoms with Crippen LogP contribution in [0.15, 0.2) is 0 Å². The molecule has 4 heteroatoms. The lowest BCUT2D eigenvalue weighted by Gasteiger charge is -2.13. The van der Waals surface area contributed by atoms with Crippen molar-refractivity contribution in [2.24, 2.45) is 5.73 Å². The van der Waals surface area contributed by atoms with Crippen molar-refractivity contribution >= 4 is 5.91 Å². The van der Waals surface area contributed by atoms with Crippen molar-refractivity contribution in [3.8, 4) is 0 Å². The van der Waals surface area contributed by atoms with Gasteiger partial charge in [-0.15, -0.1) is 0 Å². The van der Waals surface area contributed by atoms with Gasteiger partial charge in [-0.3, -0.25) is 4.79 Å². The van der Waals surface area contributed by atoms with E-state index >= 15 is 0 Å². The molecule has 0 aromatic carbocycles. The lowest BCUT2D eigenvalue weighted by atomic mass is 10.2. The number of nitrogens with one attached hydrogen (secondary N) is 1. The van der Waals surface area contributed by atoms with E-state index in [4.69, 9.17) is 5.73 Å². The minimum Gasteiger partial charge on any atom is -0.353 e. The Balaban J connectivity index is 3.50. The van der Waals surface area contributed by atoms with Crippen molar-refractivity contribution in [3.63, 3.8) is 0 Å². The second-order valence-electron chi connectivity index (χ2n) is 3.49. The van der Waals surface area contributed by atoms with E-state index in [1.807, 2.05) is 25.9 Å². The molecule has 0 bridgehead atoms. The van der Waals surface area contributed by atoms with Crippen LogP contribution in [0.1, 0.15) is 19.8 Å². The summed E-state index contributed by atoms with van der Waals surface area (Å²) in [4.78, 5) is 13.3. The number of rotatable bonds is 6. The second-order valence-corrected chi connectivity index (χ2v) is 3.49. The Hall–Kier alpha value is -0.610. The lowest BCUT2D eigenvalue weighted by molar-refractivity contribution is -0.122. The van der Waals surface area contributed by atoms with Crippen molar-refractivity contribution in [3.05, 3.63) is 0 Å². The van der Waals surface area contributed by atoms with Gasteiger partial charge in [-0.2, -0.15) is 0 Å². The minimum absolute atomic E-state index is 0.0382. The first-order valence-electron chi connectivity index (χ1n) is 4.76. The number of nitrogens with two attached hydrogens (primary N) is 1. The fraction of sp³-hybridized carbons (Fsp3) is 0.889. The monoisotopic (exact) mass is 187 g/mol. The Morgan fingerprint density at radius 2 is 2.15 bits per heavy atom. The highest BCUT2D eigenvalue weighted by Crippen LogP contribution is 1.92. The summed E-state index contributed by atoms with van der Waals surface area (Å²) in [5, 5.41) is 2.79. The van der Waals surface area contributed by atoms with E-state index in [0.29, 0.717) is 6.54 Å². The Kier molecular flexibility index (Phi) is 6.54. The number of hydrogen-bond donors (Lipinski definition) is 2. The van der Waals surface area contributed by atoms with Gasteiger partial charge >= 0.3 is 0 Å². The fourth-order valence-corrected chi connectivity index (χ4v) is 0.976. The predicted octanol–water partition coefficient (Wildman–Crippen LogP) is -0.208. The van der Waals surface area contributed by atoms with Crippen LogP contribution in [-0.4, -0.2) is 44.0 Å². The molecule has 0 aromatic heterocycles. The molecule has 0 saturated heterocycles. The molecule has 1 atom stereocenters. The molecule has 0 heterocycles. The molecule has 0 radical (unpaired) electrons. The molecule has 4 nitrogen and oxygen atoms in total. The summed E-state index contributed by atoms with van der Waals surface area (Å²) < 4.78 is 0. The maximum absolute atomic E-state index is 11.3. The zero-order valence-electron chi connectivity index (χ0n) is 8.84. The summed E-state index contributed by atoms with van der Waals surface area (Å²) in [6.07, 6.45) is 1.70. The molecule has 3 N–H and O–H groups in total. The van der Waals surface area contributed by atoms with Gasteiger partial charge in [0, 0.05) is 13.1 Å². The van der Waals surface area contributed by atoms with Gasteiger partial charge in [0.15, 0.2) is 0 Å². The van der Waals surface area contributed by atoms with Gasteiger partial charge in [0.05, 0.1) is 6.04 Å². The van der Waals surface area contributed by atoms with Crippen LogP contribution in [0.4, 0.5) is 0 Å². The third-order valence-electron chi connectivity index (χ3n) is 1.79. The van der Waals surface area contributed by atoms with E-state index < -0.39 is 0 Å². The SMILES string of the molecule is CCCC(N)C(=O)NCCN(C)C. The number of carbonyl (C=O) groups excluding carboxylic acids is 1. The molecule has 0 spiro atoms. The third kappa shape index (κ3) is 6.54. The zero-order valence-corrected chi connectivity index (χ0v) is 8.84. The summed E-state index contributed by atoms with van der Waals surface area (Å²) in [7, 11) is 3.94. The quantitative estimate of drug-likeness (QED) is 0.605. The van der Waals surface area contributed by atoms with Gasteiger partial charge in [0.2, 0.25) is 5.91 Å². The highest BCUT2D eigenvalue weighted by Gasteiger charge is 2.10. The van der Waals surface area contributed by atoms with Gasteiger partial charge in [-0.05, 0) is 20.5 Å². The van der Waals surface area contributed by atoms with Crippen LogP contribution < -0.4 is 11.1 Å². The highest BCUT2D eigenvalue weighted by atomic mass is 16.2. The van der Waals surface area contributed by atoms with Crippen molar-refractivity contribution < 1.29 is 4.79 Å². The van der Waals surface area contributed by atoms with E-state index in [1.54, 1.807) is 0 Å². The Bertz CT molecular complexity index is 148. The molecule has 78 valence electrons. The Morgan fingerprint density at radius 1 is 1.54 bits per heavy atom. The predicted molar refractivity (Wildman–Crippen MR) is 54.4 cm³/mol. The smallest absolute Gasteiger partial charge is 0.236 e. The van der Waals surface area contributed by atoms with Crippen LogP contribution in [0.25, 0.3) is 0 Å². The molecule has 0 aliphatic heterocycles. The van der Waals surface area contributed by atoms with E-state index in [2.05, 4.69) is 5.32 Å². The molecule has 1 amide bonds. The van der Waals surface area contributed by atoms with E-state index in [9.17, 15) is 4.79 Å². The first-order chi connectivity index (χ1) is 6.07. The maximum atomic E-state index is 11.3. The fourth-order valence-electron chi connectivity index (χ4n) is 0.976. The van der Waals surface area contributed by atoms with E-state index in [1.165, 1.54) is 0 Å². The summed E-state index contributed by atoms with van der Waals surface area (Å²) in [5.41, 5.74) is 5.62. The van der Waals surface area contributed by atoms with E-state index in [0.717, 1.165) is 19.4 Å². The van der Waals surface area contributed by atoms with Gasteiger partial charge in [0.1, 0.15) is 0 Å². The zero-order chi connectivity index (χ0) is 10.3. The van der Waals surface area contributed by atoms with Crippen molar-refractivity contribution in [1.29, 1.82) is 0 Å². The molecule has 0 aliphatic rings. The van der Waals surface area contributed by atoms with Crippen molar-refractivity contribution in [1.82, 2.24) is 10.2 Å². The van der Waals surface area contributed by atoms with Crippen LogP contribution >= 0.6 is 0 Å². The summed E-state index contributed by atoms with van der Waals surface area (Å²) >= 11 is 0. The first-order valence-corrected chi connectivity index (χ1v) is 4.76. The molecule has 0 aliphatic carbocycles. The molecule has 0 fully saturated rings. The Labute approximate surface area is 80.5 Å². The third-order valence-corrected chi connectivity index (χ3v) is 1.79. The largest absolute Gasteiger partial charge is 0.353 e. The summed E-state index contributed by atoms with van der Waals surface area (Å²) in [6.45, 7) is 3.54. The number of amides is 1. The normalized spacial score (nSPS) is 13.0. The van der Waals surface area contributed by atoms with Gasteiger partial charge < -0.3 is 16.0 Å². The van der Waals surface area contributed by atoms with Crippen molar-refractivity contribution in [2.45, 2.75) is 25.8 Å². The molecule has 0 rings (SSSR count). The summed E-state index contributed by atoms with van der Waals surface area (Å²) in [5.74, 6) is -0.0382. The minimum atomic E-state index is -0.341. The average molecular weight is 187 g/mol. The highest BCUT2D eigenvalue weighted by molar-refractivity contribution is 5.81. The second kappa shape index (κ2) is 6.86. The van der Waals surface area contributed by atoms with Crippen molar-refractivity contribution in [2.75, 3.05) is 27.2 Å². The van der Waals surface area contributed by atoms with E-state index in [-0.39, 0.29) is 11.9 Å². The molecular formula is C9H21N3O. The van der Waals surface area contributed by atoms with Crippen LogP contribution in [0.2, 0.25) is 0 Å². The number of hydrogen-bond acceptors (Lipinski definition) is 3. The number of carbonyl (C=O) groups is 1. The van der Waals surface area contributed by atoms with Crippen LogP contribution in [0.5, 0.6) is 0 Å². The van der Waals surface area contributed by atoms with Crippen LogP contribution in [0.3, 0.4) is 0 Å².